The minimum absolute atomic E-state index is 0.195. The van der Waals surface area contributed by atoms with E-state index in [-0.39, 0.29) is 22.2 Å². The van der Waals surface area contributed by atoms with Crippen molar-refractivity contribution in [2.75, 3.05) is 11.9 Å². The lowest BCUT2D eigenvalue weighted by Gasteiger charge is -2.11. The number of rotatable bonds is 6. The largest absolute Gasteiger partial charge is 0.451 e. The molecule has 0 radical (unpaired) electrons. The molecule has 1 aromatic heterocycles. The van der Waals surface area contributed by atoms with Gasteiger partial charge in [0.25, 0.3) is 17.2 Å². The summed E-state index contributed by atoms with van der Waals surface area (Å²) >= 11 is 0. The number of nitrogens with one attached hydrogen (secondary N) is 1. The van der Waals surface area contributed by atoms with Crippen LogP contribution in [0.2, 0.25) is 0 Å². The molecule has 0 aliphatic heterocycles. The molecular weight excluding hydrogens is 447 g/mol. The number of hydrogen-bond acceptors (Lipinski definition) is 7. The van der Waals surface area contributed by atoms with Crippen LogP contribution in [0.15, 0.2) is 77.6 Å². The molecule has 0 atom stereocenters. The first-order valence-corrected chi connectivity index (χ1v) is 9.83. The number of amides is 1. The summed E-state index contributed by atoms with van der Waals surface area (Å²) in [7, 11) is 0. The molecular formula is C23H15FN4O6. The van der Waals surface area contributed by atoms with Gasteiger partial charge in [0.15, 0.2) is 12.3 Å². The predicted octanol–water partition coefficient (Wildman–Crippen LogP) is 3.23. The van der Waals surface area contributed by atoms with E-state index in [1.165, 1.54) is 12.1 Å². The third kappa shape index (κ3) is 4.48. The molecule has 3 aromatic carbocycles. The Bertz CT molecular complexity index is 1490. The fourth-order valence-corrected chi connectivity index (χ4v) is 3.23. The first-order chi connectivity index (χ1) is 16.3. The zero-order valence-electron chi connectivity index (χ0n) is 17.3. The number of nitro benzene ring substituents is 1. The average Bonchev–Trinajstić information content (AvgIpc) is 2.84. The van der Waals surface area contributed by atoms with E-state index in [1.54, 1.807) is 42.5 Å². The van der Waals surface area contributed by atoms with Gasteiger partial charge in [0.2, 0.25) is 0 Å². The van der Waals surface area contributed by atoms with Crippen LogP contribution in [0.4, 0.5) is 15.8 Å². The summed E-state index contributed by atoms with van der Waals surface area (Å²) in [5.74, 6) is -2.71. The van der Waals surface area contributed by atoms with Crippen LogP contribution in [-0.2, 0) is 9.53 Å². The lowest BCUT2D eigenvalue weighted by Crippen LogP contribution is -2.26. The number of ether oxygens (including phenoxy) is 1. The zero-order chi connectivity index (χ0) is 24.2. The predicted molar refractivity (Wildman–Crippen MR) is 119 cm³/mol. The van der Waals surface area contributed by atoms with Crippen molar-refractivity contribution in [1.82, 2.24) is 9.78 Å². The molecule has 1 N–H and O–H groups in total. The number of esters is 1. The second kappa shape index (κ2) is 9.28. The minimum atomic E-state index is -0.982. The number of nitro groups is 1. The van der Waals surface area contributed by atoms with E-state index in [1.807, 2.05) is 0 Å². The number of para-hydroxylation sites is 1. The number of hydrogen-bond donors (Lipinski definition) is 1. The number of carbonyl (C=O) groups excluding carboxylic acids is 2. The maximum Gasteiger partial charge on any atom is 0.359 e. The molecule has 0 saturated carbocycles. The fourth-order valence-electron chi connectivity index (χ4n) is 3.23. The molecule has 0 aliphatic rings. The van der Waals surface area contributed by atoms with Crippen molar-refractivity contribution in [3.05, 3.63) is 105 Å². The zero-order valence-corrected chi connectivity index (χ0v) is 17.3. The van der Waals surface area contributed by atoms with Gasteiger partial charge in [-0.05, 0) is 30.3 Å². The van der Waals surface area contributed by atoms with Gasteiger partial charge in [-0.3, -0.25) is 19.7 Å². The van der Waals surface area contributed by atoms with Crippen LogP contribution >= 0.6 is 0 Å². The molecule has 4 aromatic rings. The molecule has 0 unspecified atom stereocenters. The van der Waals surface area contributed by atoms with Gasteiger partial charge in [-0.1, -0.05) is 36.4 Å². The maximum atomic E-state index is 13.3. The van der Waals surface area contributed by atoms with Crippen molar-refractivity contribution < 1.29 is 23.6 Å². The molecule has 1 amide bonds. The highest BCUT2D eigenvalue weighted by Crippen LogP contribution is 2.25. The number of halogens is 1. The summed E-state index contributed by atoms with van der Waals surface area (Å²) in [4.78, 5) is 48.1. The van der Waals surface area contributed by atoms with Crippen LogP contribution in [0.1, 0.15) is 10.5 Å². The summed E-state index contributed by atoms with van der Waals surface area (Å²) < 4.78 is 19.4. The smallest absolute Gasteiger partial charge is 0.359 e. The first kappa shape index (κ1) is 22.3. The van der Waals surface area contributed by atoms with Crippen molar-refractivity contribution in [3.8, 4) is 5.69 Å². The number of anilines is 1. The van der Waals surface area contributed by atoms with Crippen LogP contribution < -0.4 is 10.9 Å². The molecule has 0 bridgehead atoms. The molecule has 0 spiro atoms. The van der Waals surface area contributed by atoms with Gasteiger partial charge in [-0.25, -0.2) is 9.18 Å². The molecule has 1 heterocycles. The SMILES string of the molecule is O=C(COC(=O)c1nn(-c2ccccc2)c(=O)c2ccccc12)Nc1ccc(F)cc1[N+](=O)[O-]. The summed E-state index contributed by atoms with van der Waals surface area (Å²) in [6, 6.07) is 17.4. The van der Waals surface area contributed by atoms with Crippen LogP contribution in [0.5, 0.6) is 0 Å². The molecule has 34 heavy (non-hydrogen) atoms. The van der Waals surface area contributed by atoms with Gasteiger partial charge >= 0.3 is 5.97 Å². The van der Waals surface area contributed by atoms with Crippen molar-refractivity contribution in [3.63, 3.8) is 0 Å². The highest BCUT2D eigenvalue weighted by atomic mass is 19.1. The van der Waals surface area contributed by atoms with E-state index in [4.69, 9.17) is 4.74 Å². The Balaban J connectivity index is 1.59. The summed E-state index contributed by atoms with van der Waals surface area (Å²) in [6.45, 7) is -0.798. The highest BCUT2D eigenvalue weighted by molar-refractivity contribution is 6.03. The standard InChI is InChI=1S/C23H15FN4O6/c24-14-10-11-18(19(12-14)28(32)33)25-20(29)13-34-23(31)21-16-8-4-5-9-17(16)22(30)27(26-21)15-6-2-1-3-7-15/h1-12H,13H2,(H,25,29). The van der Waals surface area contributed by atoms with E-state index in [2.05, 4.69) is 10.4 Å². The van der Waals surface area contributed by atoms with Crippen molar-refractivity contribution in [2.45, 2.75) is 0 Å². The number of carbonyl (C=O) groups is 2. The number of benzene rings is 3. The summed E-state index contributed by atoms with van der Waals surface area (Å²) in [6.07, 6.45) is 0. The highest BCUT2D eigenvalue weighted by Gasteiger charge is 2.21. The quantitative estimate of drug-likeness (QED) is 0.264. The summed E-state index contributed by atoms with van der Waals surface area (Å²) in [5, 5.41) is 17.9. The number of aromatic nitrogens is 2. The van der Waals surface area contributed by atoms with E-state index in [9.17, 15) is 28.9 Å². The normalized spacial score (nSPS) is 10.6. The summed E-state index contributed by atoms with van der Waals surface area (Å²) in [5.41, 5.74) is -1.12. The average molecular weight is 462 g/mol. The van der Waals surface area contributed by atoms with E-state index in [0.29, 0.717) is 11.8 Å². The minimum Gasteiger partial charge on any atom is -0.451 e. The van der Waals surface area contributed by atoms with Crippen molar-refractivity contribution >= 4 is 34.0 Å². The Hall–Kier alpha value is -4.93. The third-order valence-electron chi connectivity index (χ3n) is 4.76. The monoisotopic (exact) mass is 462 g/mol. The molecule has 0 fully saturated rings. The molecule has 11 heteroatoms. The Kier molecular flexibility index (Phi) is 6.08. The maximum absolute atomic E-state index is 13.3. The van der Waals surface area contributed by atoms with Gasteiger partial charge in [0.05, 0.1) is 22.1 Å². The first-order valence-electron chi connectivity index (χ1n) is 9.83. The Labute approximate surface area is 190 Å². The Morgan fingerprint density at radius 1 is 1.03 bits per heavy atom. The Morgan fingerprint density at radius 2 is 1.71 bits per heavy atom. The van der Waals surface area contributed by atoms with Crippen LogP contribution in [-0.4, -0.2) is 33.2 Å². The Morgan fingerprint density at radius 3 is 2.41 bits per heavy atom. The van der Waals surface area contributed by atoms with Crippen LogP contribution in [0.3, 0.4) is 0 Å². The fraction of sp³-hybridized carbons (Fsp3) is 0.0435. The van der Waals surface area contributed by atoms with Crippen LogP contribution in [0, 0.1) is 15.9 Å². The lowest BCUT2D eigenvalue weighted by molar-refractivity contribution is -0.384. The third-order valence-corrected chi connectivity index (χ3v) is 4.76. The second-order valence-electron chi connectivity index (χ2n) is 6.99. The number of nitrogens with zero attached hydrogens (tertiary/aromatic N) is 3. The lowest BCUT2D eigenvalue weighted by atomic mass is 10.1. The van der Waals surface area contributed by atoms with E-state index < -0.39 is 40.5 Å². The second-order valence-corrected chi connectivity index (χ2v) is 6.99. The topological polar surface area (TPSA) is 133 Å². The van der Waals surface area contributed by atoms with Crippen LogP contribution in [0.25, 0.3) is 16.5 Å². The molecule has 10 nitrogen and oxygen atoms in total. The van der Waals surface area contributed by atoms with E-state index in [0.717, 1.165) is 16.8 Å². The molecule has 4 rings (SSSR count). The van der Waals surface area contributed by atoms with Gasteiger partial charge in [0.1, 0.15) is 11.5 Å². The number of fused-ring (bicyclic) bond motifs is 1. The van der Waals surface area contributed by atoms with Gasteiger partial charge < -0.3 is 10.1 Å². The molecule has 170 valence electrons. The van der Waals surface area contributed by atoms with Crippen molar-refractivity contribution in [2.24, 2.45) is 0 Å². The van der Waals surface area contributed by atoms with Gasteiger partial charge in [0, 0.05) is 5.39 Å². The van der Waals surface area contributed by atoms with E-state index >= 15 is 0 Å². The molecule has 0 saturated heterocycles. The van der Waals surface area contributed by atoms with Gasteiger partial charge in [-0.15, -0.1) is 0 Å². The molecule has 0 aliphatic carbocycles. The van der Waals surface area contributed by atoms with Crippen molar-refractivity contribution in [1.29, 1.82) is 0 Å². The van der Waals surface area contributed by atoms with Gasteiger partial charge in [-0.2, -0.15) is 9.78 Å².